The van der Waals surface area contributed by atoms with Crippen molar-refractivity contribution < 1.29 is 23.7 Å². The van der Waals surface area contributed by atoms with Gasteiger partial charge < -0.3 is 23.7 Å². The fourth-order valence-electron chi connectivity index (χ4n) is 5.38. The monoisotopic (exact) mass is 342 g/mol. The Bertz CT molecular complexity index is 689. The van der Waals surface area contributed by atoms with Crippen molar-refractivity contribution in [2.75, 3.05) is 13.7 Å². The quantitative estimate of drug-likeness (QED) is 0.624. The van der Waals surface area contributed by atoms with Crippen molar-refractivity contribution in [1.29, 1.82) is 0 Å². The molecule has 0 radical (unpaired) electrons. The van der Waals surface area contributed by atoms with Crippen LogP contribution in [0.25, 0.3) is 0 Å². The SMILES string of the molecule is CO[C@H]1OC2CO[C@@H](c3ccccc3)OC2C2(C=O)C1[C@@H]1C=C[C@H]2C1. The Labute approximate surface area is 146 Å². The van der Waals surface area contributed by atoms with Crippen LogP contribution < -0.4 is 0 Å². The molecule has 132 valence electrons. The molecule has 2 bridgehead atoms. The first kappa shape index (κ1) is 15.7. The van der Waals surface area contributed by atoms with Crippen molar-refractivity contribution in [3.05, 3.63) is 48.0 Å². The lowest BCUT2D eigenvalue weighted by Gasteiger charge is -2.54. The maximum Gasteiger partial charge on any atom is 0.184 e. The Morgan fingerprint density at radius 3 is 2.80 bits per heavy atom. The number of hydrogen-bond acceptors (Lipinski definition) is 5. The van der Waals surface area contributed by atoms with E-state index in [1.54, 1.807) is 7.11 Å². The number of ether oxygens (including phenoxy) is 4. The predicted molar refractivity (Wildman–Crippen MR) is 88.4 cm³/mol. The summed E-state index contributed by atoms with van der Waals surface area (Å²) in [5.74, 6) is 0.493. The van der Waals surface area contributed by atoms with E-state index in [0.29, 0.717) is 12.5 Å². The highest BCUT2D eigenvalue weighted by Crippen LogP contribution is 2.63. The highest BCUT2D eigenvalue weighted by Gasteiger charge is 2.68. The minimum Gasteiger partial charge on any atom is -0.356 e. The van der Waals surface area contributed by atoms with Gasteiger partial charge >= 0.3 is 0 Å². The Morgan fingerprint density at radius 2 is 2.04 bits per heavy atom. The van der Waals surface area contributed by atoms with Gasteiger partial charge in [0.1, 0.15) is 18.5 Å². The maximum absolute atomic E-state index is 12.4. The Morgan fingerprint density at radius 1 is 1.20 bits per heavy atom. The summed E-state index contributed by atoms with van der Waals surface area (Å²) in [7, 11) is 1.65. The van der Waals surface area contributed by atoms with Crippen LogP contribution in [-0.4, -0.2) is 38.5 Å². The van der Waals surface area contributed by atoms with Gasteiger partial charge in [0.15, 0.2) is 12.6 Å². The summed E-state index contributed by atoms with van der Waals surface area (Å²) in [4.78, 5) is 12.4. The molecule has 2 saturated heterocycles. The van der Waals surface area contributed by atoms with Gasteiger partial charge in [-0.2, -0.15) is 0 Å². The molecular formula is C20H22O5. The predicted octanol–water partition coefficient (Wildman–Crippen LogP) is 2.48. The van der Waals surface area contributed by atoms with Crippen LogP contribution in [0, 0.1) is 23.2 Å². The van der Waals surface area contributed by atoms with Crippen molar-refractivity contribution in [2.24, 2.45) is 23.2 Å². The van der Waals surface area contributed by atoms with Crippen LogP contribution in [0.5, 0.6) is 0 Å². The summed E-state index contributed by atoms with van der Waals surface area (Å²) in [5.41, 5.74) is 0.367. The largest absolute Gasteiger partial charge is 0.356 e. The highest BCUT2D eigenvalue weighted by atomic mass is 16.7. The number of carbonyl (C=O) groups excluding carboxylic acids is 1. The molecule has 4 unspecified atom stereocenters. The number of benzene rings is 1. The third-order valence-corrected chi connectivity index (χ3v) is 6.42. The van der Waals surface area contributed by atoms with Crippen molar-refractivity contribution in [1.82, 2.24) is 0 Å². The first-order valence-electron chi connectivity index (χ1n) is 8.93. The maximum atomic E-state index is 12.4. The van der Waals surface area contributed by atoms with Gasteiger partial charge in [0.25, 0.3) is 0 Å². The molecular weight excluding hydrogens is 320 g/mol. The zero-order valence-electron chi connectivity index (χ0n) is 14.1. The van der Waals surface area contributed by atoms with Gasteiger partial charge in [-0.3, -0.25) is 0 Å². The summed E-state index contributed by atoms with van der Waals surface area (Å²) in [6, 6.07) is 9.86. The molecule has 2 aliphatic heterocycles. The van der Waals surface area contributed by atoms with Gasteiger partial charge in [-0.25, -0.2) is 0 Å². The van der Waals surface area contributed by atoms with E-state index < -0.39 is 18.0 Å². The topological polar surface area (TPSA) is 54.0 Å². The van der Waals surface area contributed by atoms with Gasteiger partial charge in [0.05, 0.1) is 12.0 Å². The van der Waals surface area contributed by atoms with Gasteiger partial charge in [-0.1, -0.05) is 42.5 Å². The first-order chi connectivity index (χ1) is 12.3. The number of rotatable bonds is 3. The van der Waals surface area contributed by atoms with Crippen LogP contribution in [0.2, 0.25) is 0 Å². The standard InChI is InChI=1S/C20H22O5/c1-22-19-16-13-7-8-14(9-13)20(16,11-21)17-15(24-19)10-23-18(25-17)12-5-3-2-4-6-12/h2-8,11,13-19H,9-10H2,1H3/t13-,14+,15?,16?,17?,18-,19+,20?/m1/s1. The number of aldehydes is 1. The summed E-state index contributed by atoms with van der Waals surface area (Å²) >= 11 is 0. The lowest BCUT2D eigenvalue weighted by Crippen LogP contribution is -2.65. The van der Waals surface area contributed by atoms with Crippen LogP contribution in [0.15, 0.2) is 42.5 Å². The zero-order valence-corrected chi connectivity index (χ0v) is 14.1. The molecule has 25 heavy (non-hydrogen) atoms. The highest BCUT2D eigenvalue weighted by molar-refractivity contribution is 5.65. The number of allylic oxidation sites excluding steroid dienone is 2. The Kier molecular flexibility index (Phi) is 3.61. The van der Waals surface area contributed by atoms with E-state index in [2.05, 4.69) is 12.2 Å². The molecule has 2 heterocycles. The van der Waals surface area contributed by atoms with Crippen molar-refractivity contribution in [2.45, 2.75) is 31.2 Å². The average Bonchev–Trinajstić information content (AvgIpc) is 3.28. The van der Waals surface area contributed by atoms with Gasteiger partial charge in [0, 0.05) is 18.6 Å². The first-order valence-corrected chi connectivity index (χ1v) is 8.93. The molecule has 5 heteroatoms. The molecule has 4 aliphatic rings. The van der Waals surface area contributed by atoms with Crippen LogP contribution in [0.3, 0.4) is 0 Å². The van der Waals surface area contributed by atoms with E-state index in [9.17, 15) is 4.79 Å². The minimum absolute atomic E-state index is 0.000716. The van der Waals surface area contributed by atoms with E-state index >= 15 is 0 Å². The van der Waals surface area contributed by atoms with Crippen molar-refractivity contribution in [3.63, 3.8) is 0 Å². The summed E-state index contributed by atoms with van der Waals surface area (Å²) < 4.78 is 24.0. The fourth-order valence-corrected chi connectivity index (χ4v) is 5.38. The molecule has 5 rings (SSSR count). The normalized spacial score (nSPS) is 47.3. The van der Waals surface area contributed by atoms with E-state index in [0.717, 1.165) is 18.3 Å². The number of fused-ring (bicyclic) bond motifs is 7. The number of carbonyl (C=O) groups is 1. The molecule has 0 spiro atoms. The molecule has 2 aliphatic carbocycles. The smallest absolute Gasteiger partial charge is 0.184 e. The fraction of sp³-hybridized carbons (Fsp3) is 0.550. The Hall–Kier alpha value is -1.53. The number of methoxy groups -OCH3 is 1. The minimum atomic E-state index is -0.597. The van der Waals surface area contributed by atoms with Crippen LogP contribution in [-0.2, 0) is 23.7 Å². The van der Waals surface area contributed by atoms with E-state index in [1.807, 2.05) is 30.3 Å². The molecule has 0 amide bonds. The van der Waals surface area contributed by atoms with Gasteiger partial charge in [0.2, 0.25) is 0 Å². The second-order valence-corrected chi connectivity index (χ2v) is 7.45. The van der Waals surface area contributed by atoms with Crippen LogP contribution >= 0.6 is 0 Å². The van der Waals surface area contributed by atoms with Crippen LogP contribution in [0.1, 0.15) is 18.3 Å². The average molecular weight is 342 g/mol. The lowest BCUT2D eigenvalue weighted by molar-refractivity contribution is -0.357. The van der Waals surface area contributed by atoms with Crippen molar-refractivity contribution in [3.8, 4) is 0 Å². The third kappa shape index (κ3) is 2.07. The van der Waals surface area contributed by atoms with E-state index in [4.69, 9.17) is 18.9 Å². The molecule has 0 aromatic heterocycles. The molecule has 1 aromatic rings. The molecule has 1 saturated carbocycles. The van der Waals surface area contributed by atoms with Gasteiger partial charge in [-0.05, 0) is 18.3 Å². The summed E-state index contributed by atoms with van der Waals surface area (Å²) in [5, 5.41) is 0. The third-order valence-electron chi connectivity index (χ3n) is 6.42. The summed E-state index contributed by atoms with van der Waals surface area (Å²) in [6.45, 7) is 0.396. The van der Waals surface area contributed by atoms with E-state index in [-0.39, 0.29) is 24.0 Å². The Balaban J connectivity index is 1.53. The molecule has 8 atom stereocenters. The number of hydrogen-bond donors (Lipinski definition) is 0. The van der Waals surface area contributed by atoms with Crippen molar-refractivity contribution >= 4 is 6.29 Å². The van der Waals surface area contributed by atoms with Crippen LogP contribution in [0.4, 0.5) is 0 Å². The summed E-state index contributed by atoms with van der Waals surface area (Å²) in [6.07, 6.45) is 5.00. The second kappa shape index (κ2) is 5.74. The molecule has 3 fully saturated rings. The second-order valence-electron chi connectivity index (χ2n) is 7.45. The molecule has 1 aromatic carbocycles. The lowest BCUT2D eigenvalue weighted by atomic mass is 9.62. The zero-order chi connectivity index (χ0) is 17.0. The molecule has 0 N–H and O–H groups in total. The molecule has 5 nitrogen and oxygen atoms in total. The van der Waals surface area contributed by atoms with Gasteiger partial charge in [-0.15, -0.1) is 0 Å². The van der Waals surface area contributed by atoms with E-state index in [1.165, 1.54) is 0 Å².